The largest absolute Gasteiger partial charge is 0.384 e. The molecule has 0 saturated carbocycles. The van der Waals surface area contributed by atoms with Crippen molar-refractivity contribution in [2.24, 2.45) is 0 Å². The van der Waals surface area contributed by atoms with Crippen molar-refractivity contribution < 1.29 is 9.84 Å². The van der Waals surface area contributed by atoms with Crippen molar-refractivity contribution in [3.63, 3.8) is 0 Å². The highest BCUT2D eigenvalue weighted by atomic mass is 35.5. The third-order valence-electron chi connectivity index (χ3n) is 5.75. The van der Waals surface area contributed by atoms with Crippen LogP contribution in [0.5, 0.6) is 0 Å². The van der Waals surface area contributed by atoms with Crippen molar-refractivity contribution >= 4 is 46.4 Å². The molecule has 5 aromatic rings. The molecule has 0 aliphatic carbocycles. The van der Waals surface area contributed by atoms with E-state index in [1.807, 2.05) is 54.6 Å². The van der Waals surface area contributed by atoms with Crippen molar-refractivity contribution in [1.29, 1.82) is 0 Å². The highest BCUT2D eigenvalue weighted by Gasteiger charge is 2.11. The van der Waals surface area contributed by atoms with E-state index in [0.717, 1.165) is 27.8 Å². The first kappa shape index (κ1) is 29.0. The summed E-state index contributed by atoms with van der Waals surface area (Å²) in [6, 6.07) is 28.6. The number of aliphatic hydroxyl groups is 1. The molecule has 1 aromatic heterocycles. The smallest absolute Gasteiger partial charge is 0.115 e. The highest BCUT2D eigenvalue weighted by Crippen LogP contribution is 2.27. The molecule has 4 nitrogen and oxygen atoms in total. The molecule has 0 bridgehead atoms. The Kier molecular flexibility index (Phi) is 10.7. The van der Waals surface area contributed by atoms with Gasteiger partial charge in [-0.2, -0.15) is 0 Å². The second-order valence-corrected chi connectivity index (χ2v) is 10.2. The Labute approximate surface area is 247 Å². The molecule has 0 aliphatic rings. The Morgan fingerprint density at radius 3 is 1.74 bits per heavy atom. The van der Waals surface area contributed by atoms with Crippen LogP contribution in [0, 0.1) is 0 Å². The van der Waals surface area contributed by atoms with Gasteiger partial charge in [-0.1, -0.05) is 107 Å². The van der Waals surface area contributed by atoms with Crippen LogP contribution in [-0.2, 0) is 18.0 Å². The van der Waals surface area contributed by atoms with Crippen LogP contribution >= 0.6 is 46.4 Å². The van der Waals surface area contributed by atoms with Gasteiger partial charge in [0.2, 0.25) is 0 Å². The fourth-order valence-corrected chi connectivity index (χ4v) is 4.64. The van der Waals surface area contributed by atoms with E-state index >= 15 is 0 Å². The molecular weight excluding hydrogens is 574 g/mol. The lowest BCUT2D eigenvalue weighted by molar-refractivity contribution is 0.107. The van der Waals surface area contributed by atoms with Crippen LogP contribution in [0.25, 0.3) is 11.1 Å². The molecule has 4 aromatic carbocycles. The molecule has 0 fully saturated rings. The van der Waals surface area contributed by atoms with Gasteiger partial charge in [0, 0.05) is 38.0 Å². The third-order valence-corrected chi connectivity index (χ3v) is 6.93. The summed E-state index contributed by atoms with van der Waals surface area (Å²) >= 11 is 23.8. The predicted octanol–water partition coefficient (Wildman–Crippen LogP) is 9.24. The Morgan fingerprint density at radius 2 is 1.18 bits per heavy atom. The lowest BCUT2D eigenvalue weighted by atomic mass is 9.98. The van der Waals surface area contributed by atoms with Gasteiger partial charge < -0.3 is 9.84 Å². The van der Waals surface area contributed by atoms with E-state index in [9.17, 15) is 5.11 Å². The molecule has 1 atom stereocenters. The number of halogens is 4. The molecule has 0 radical (unpaired) electrons. The fraction of sp³-hybridized carbons (Fsp3) is 0.0968. The van der Waals surface area contributed by atoms with Gasteiger partial charge in [-0.3, -0.25) is 0 Å². The fourth-order valence-electron chi connectivity index (χ4n) is 3.71. The standard InChI is InChI=1S/C17H14N2O.C14H10Cl4O/c20-17(16-10-18-12-19-11-16)15-8-4-7-14(9-15)13-5-2-1-3-6-13;15-11-3-1-9(13(17)5-11)7-19-8-10-2-4-12(16)6-14(10)18/h1-12,17,20H;1-6H,7-8H2. The number of hydrogen-bond acceptors (Lipinski definition) is 4. The van der Waals surface area contributed by atoms with Crippen molar-refractivity contribution in [3.05, 3.63) is 152 Å². The summed E-state index contributed by atoms with van der Waals surface area (Å²) in [7, 11) is 0. The minimum absolute atomic E-state index is 0.398. The molecule has 39 heavy (non-hydrogen) atoms. The lowest BCUT2D eigenvalue weighted by Crippen LogP contribution is -2.00. The molecule has 5 rings (SSSR count). The van der Waals surface area contributed by atoms with Crippen LogP contribution in [0.2, 0.25) is 20.1 Å². The average molecular weight is 598 g/mol. The number of aromatic nitrogens is 2. The van der Waals surface area contributed by atoms with Crippen molar-refractivity contribution in [2.45, 2.75) is 19.3 Å². The summed E-state index contributed by atoms with van der Waals surface area (Å²) in [4.78, 5) is 7.88. The minimum atomic E-state index is -0.708. The number of hydrogen-bond donors (Lipinski definition) is 1. The van der Waals surface area contributed by atoms with E-state index in [2.05, 4.69) is 22.1 Å². The molecule has 0 spiro atoms. The van der Waals surface area contributed by atoms with Gasteiger partial charge in [-0.25, -0.2) is 9.97 Å². The molecular formula is C31H24Cl4N2O2. The first-order chi connectivity index (χ1) is 18.9. The maximum atomic E-state index is 10.4. The molecule has 1 heterocycles. The average Bonchev–Trinajstić information content (AvgIpc) is 2.96. The Balaban J connectivity index is 0.000000181. The number of ether oxygens (including phenoxy) is 1. The molecule has 1 unspecified atom stereocenters. The Hall–Kier alpha value is -2.96. The van der Waals surface area contributed by atoms with Gasteiger partial charge in [0.05, 0.1) is 13.2 Å². The zero-order valence-electron chi connectivity index (χ0n) is 20.6. The van der Waals surface area contributed by atoms with Crippen LogP contribution in [0.3, 0.4) is 0 Å². The van der Waals surface area contributed by atoms with Crippen LogP contribution in [0.4, 0.5) is 0 Å². The first-order valence-corrected chi connectivity index (χ1v) is 13.5. The van der Waals surface area contributed by atoms with E-state index in [4.69, 9.17) is 51.1 Å². The van der Waals surface area contributed by atoms with Gasteiger partial charge in [-0.05, 0) is 58.1 Å². The second kappa shape index (κ2) is 14.4. The van der Waals surface area contributed by atoms with Crippen LogP contribution in [0.15, 0.2) is 110 Å². The predicted molar refractivity (Wildman–Crippen MR) is 159 cm³/mol. The molecule has 8 heteroatoms. The zero-order valence-corrected chi connectivity index (χ0v) is 23.7. The van der Waals surface area contributed by atoms with Gasteiger partial charge >= 0.3 is 0 Å². The second-order valence-electron chi connectivity index (χ2n) is 8.53. The Morgan fingerprint density at radius 1 is 0.615 bits per heavy atom. The minimum Gasteiger partial charge on any atom is -0.384 e. The summed E-state index contributed by atoms with van der Waals surface area (Å²) in [5, 5.41) is 12.8. The summed E-state index contributed by atoms with van der Waals surface area (Å²) in [5.74, 6) is 0. The summed E-state index contributed by atoms with van der Waals surface area (Å²) < 4.78 is 5.59. The molecule has 1 N–H and O–H groups in total. The highest BCUT2D eigenvalue weighted by molar-refractivity contribution is 6.35. The first-order valence-electron chi connectivity index (χ1n) is 11.9. The molecule has 0 aliphatic heterocycles. The van der Waals surface area contributed by atoms with Crippen molar-refractivity contribution in [1.82, 2.24) is 9.97 Å². The van der Waals surface area contributed by atoms with Crippen LogP contribution in [0.1, 0.15) is 28.4 Å². The summed E-state index contributed by atoms with van der Waals surface area (Å²) in [6.45, 7) is 0.796. The Bertz CT molecular complexity index is 1450. The quantitative estimate of drug-likeness (QED) is 0.203. The van der Waals surface area contributed by atoms with Gasteiger partial charge in [0.25, 0.3) is 0 Å². The normalized spacial score (nSPS) is 11.4. The van der Waals surface area contributed by atoms with E-state index in [1.165, 1.54) is 6.33 Å². The van der Waals surface area contributed by atoms with Gasteiger partial charge in [-0.15, -0.1) is 0 Å². The number of aliphatic hydroxyl groups excluding tert-OH is 1. The van der Waals surface area contributed by atoms with Crippen LogP contribution in [-0.4, -0.2) is 15.1 Å². The number of benzene rings is 4. The van der Waals surface area contributed by atoms with Crippen LogP contribution < -0.4 is 0 Å². The number of rotatable bonds is 7. The summed E-state index contributed by atoms with van der Waals surface area (Å²) in [5.41, 5.74) is 5.51. The number of nitrogens with zero attached hydrogens (tertiary/aromatic N) is 2. The van der Waals surface area contributed by atoms with Gasteiger partial charge in [0.1, 0.15) is 12.4 Å². The summed E-state index contributed by atoms with van der Waals surface area (Å²) in [6.07, 6.45) is 4.01. The van der Waals surface area contributed by atoms with E-state index in [1.54, 1.807) is 36.7 Å². The van der Waals surface area contributed by atoms with Crippen molar-refractivity contribution in [2.75, 3.05) is 0 Å². The van der Waals surface area contributed by atoms with E-state index in [-0.39, 0.29) is 0 Å². The maximum absolute atomic E-state index is 10.4. The SMILES string of the molecule is Clc1ccc(COCc2ccc(Cl)cc2Cl)c(Cl)c1.OC(c1cncnc1)c1cccc(-c2ccccc2)c1. The zero-order chi connectivity index (χ0) is 27.6. The topological polar surface area (TPSA) is 55.2 Å². The maximum Gasteiger partial charge on any atom is 0.115 e. The van der Waals surface area contributed by atoms with E-state index < -0.39 is 6.10 Å². The monoisotopic (exact) mass is 596 g/mol. The molecule has 0 saturated heterocycles. The van der Waals surface area contributed by atoms with Gasteiger partial charge in [0.15, 0.2) is 0 Å². The van der Waals surface area contributed by atoms with E-state index in [0.29, 0.717) is 38.9 Å². The molecule has 198 valence electrons. The third kappa shape index (κ3) is 8.51. The molecule has 0 amide bonds. The van der Waals surface area contributed by atoms with Crippen molar-refractivity contribution in [3.8, 4) is 11.1 Å². The lowest BCUT2D eigenvalue weighted by Gasteiger charge is -2.12.